The monoisotopic (exact) mass is 278 g/mol. The quantitative estimate of drug-likeness (QED) is 0.725. The van der Waals surface area contributed by atoms with Gasteiger partial charge in [0.2, 0.25) is 0 Å². The van der Waals surface area contributed by atoms with Gasteiger partial charge in [-0.2, -0.15) is 0 Å². The van der Waals surface area contributed by atoms with Crippen molar-refractivity contribution >= 4 is 0 Å². The maximum absolute atomic E-state index is 5.09. The van der Waals surface area contributed by atoms with Crippen LogP contribution in [-0.4, -0.2) is 0 Å². The number of hydrogen-bond acceptors (Lipinski definition) is 0. The molecule has 1 heterocycles. The van der Waals surface area contributed by atoms with Crippen molar-refractivity contribution in [1.29, 1.82) is 0 Å². The van der Waals surface area contributed by atoms with Crippen molar-refractivity contribution in [2.24, 2.45) is 0 Å². The fourth-order valence-electron chi connectivity index (χ4n) is 3.59. The molecule has 1 radical (unpaired) electrons. The van der Waals surface area contributed by atoms with E-state index in [9.17, 15) is 0 Å². The maximum atomic E-state index is 5.09. The molecule has 0 bridgehead atoms. The second-order valence-electron chi connectivity index (χ2n) is 6.60. The van der Waals surface area contributed by atoms with Crippen LogP contribution in [0, 0.1) is 27.7 Å². The number of nitrogens with zero attached hydrogens (tertiary/aromatic N) is 1. The maximum Gasteiger partial charge on any atom is 0.0503 e. The van der Waals surface area contributed by atoms with E-state index in [1.54, 1.807) is 0 Å². The Bertz CT molecular complexity index is 559. The van der Waals surface area contributed by atoms with Crippen molar-refractivity contribution in [2.75, 3.05) is 0 Å². The lowest BCUT2D eigenvalue weighted by Crippen LogP contribution is -2.10. The van der Waals surface area contributed by atoms with Gasteiger partial charge in [-0.1, -0.05) is 58.7 Å². The first-order valence-corrected chi connectivity index (χ1v) is 7.87. The van der Waals surface area contributed by atoms with E-state index in [1.165, 1.54) is 46.2 Å². The van der Waals surface area contributed by atoms with Crippen LogP contribution in [0.3, 0.4) is 0 Å². The molecule has 109 valence electrons. The fourth-order valence-corrected chi connectivity index (χ4v) is 3.59. The van der Waals surface area contributed by atoms with Gasteiger partial charge in [0, 0.05) is 0 Å². The fraction of sp³-hybridized carbons (Fsp3) is 0.400. The minimum absolute atomic E-state index is 0.370. The van der Waals surface area contributed by atoms with Crippen LogP contribution in [0.15, 0.2) is 36.4 Å². The average molecular weight is 278 g/mol. The Hall–Kier alpha value is -1.60. The highest BCUT2D eigenvalue weighted by Crippen LogP contribution is 2.37. The van der Waals surface area contributed by atoms with E-state index in [4.69, 9.17) is 5.32 Å². The number of aryl methyl sites for hydroxylation is 4. The van der Waals surface area contributed by atoms with E-state index in [0.29, 0.717) is 12.1 Å². The molecular formula is C20H24N. The summed E-state index contributed by atoms with van der Waals surface area (Å²) in [6, 6.07) is 14.4. The van der Waals surface area contributed by atoms with E-state index in [-0.39, 0.29) is 0 Å². The van der Waals surface area contributed by atoms with Gasteiger partial charge in [0.1, 0.15) is 0 Å². The van der Waals surface area contributed by atoms with Gasteiger partial charge in [0.15, 0.2) is 0 Å². The van der Waals surface area contributed by atoms with Crippen LogP contribution in [0.25, 0.3) is 0 Å². The zero-order valence-corrected chi connectivity index (χ0v) is 13.5. The van der Waals surface area contributed by atoms with E-state index in [1.807, 2.05) is 0 Å². The van der Waals surface area contributed by atoms with Gasteiger partial charge in [-0.05, 0) is 51.7 Å². The molecule has 0 amide bonds. The third kappa shape index (κ3) is 3.19. The van der Waals surface area contributed by atoms with Gasteiger partial charge in [-0.25, -0.2) is 5.32 Å². The summed E-state index contributed by atoms with van der Waals surface area (Å²) in [7, 11) is 0. The Labute approximate surface area is 128 Å². The first kappa shape index (κ1) is 14.3. The Morgan fingerprint density at radius 3 is 1.29 bits per heavy atom. The number of hydrogen-bond donors (Lipinski definition) is 0. The Kier molecular flexibility index (Phi) is 3.86. The molecule has 1 aliphatic heterocycles. The van der Waals surface area contributed by atoms with Crippen LogP contribution >= 0.6 is 0 Å². The summed E-state index contributed by atoms with van der Waals surface area (Å²) < 4.78 is 0. The third-order valence-corrected chi connectivity index (χ3v) is 4.33. The molecule has 2 atom stereocenters. The molecule has 1 nitrogen and oxygen atoms in total. The van der Waals surface area contributed by atoms with Crippen molar-refractivity contribution in [1.82, 2.24) is 5.32 Å². The molecule has 1 aliphatic rings. The van der Waals surface area contributed by atoms with Crippen molar-refractivity contribution in [3.05, 3.63) is 69.8 Å². The van der Waals surface area contributed by atoms with Gasteiger partial charge in [-0.3, -0.25) is 0 Å². The van der Waals surface area contributed by atoms with Gasteiger partial charge < -0.3 is 0 Å². The Balaban J connectivity index is 1.81. The van der Waals surface area contributed by atoms with E-state index in [2.05, 4.69) is 64.1 Å². The van der Waals surface area contributed by atoms with Gasteiger partial charge in [0.05, 0.1) is 12.1 Å². The zero-order valence-electron chi connectivity index (χ0n) is 13.5. The molecule has 2 aromatic rings. The third-order valence-electron chi connectivity index (χ3n) is 4.33. The summed E-state index contributed by atoms with van der Waals surface area (Å²) in [4.78, 5) is 0. The van der Waals surface area contributed by atoms with E-state index < -0.39 is 0 Å². The van der Waals surface area contributed by atoms with Crippen molar-refractivity contribution < 1.29 is 0 Å². The smallest absolute Gasteiger partial charge is 0.0503 e. The molecule has 3 rings (SSSR count). The molecule has 0 aromatic heterocycles. The SMILES string of the molecule is Cc1cc(C)cc(C2CCC(c3cc(C)cc(C)c3)[N]2)c1. The normalized spacial score (nSPS) is 21.7. The topological polar surface area (TPSA) is 14.1 Å². The van der Waals surface area contributed by atoms with Crippen LogP contribution in [0.2, 0.25) is 0 Å². The molecule has 2 aromatic carbocycles. The molecule has 1 saturated heterocycles. The van der Waals surface area contributed by atoms with Crippen molar-refractivity contribution in [3.63, 3.8) is 0 Å². The van der Waals surface area contributed by atoms with Crippen LogP contribution in [0.1, 0.15) is 58.3 Å². The summed E-state index contributed by atoms with van der Waals surface area (Å²) in [5.41, 5.74) is 8.15. The number of benzene rings is 2. The molecule has 0 aliphatic carbocycles. The van der Waals surface area contributed by atoms with Gasteiger partial charge in [0.25, 0.3) is 0 Å². The summed E-state index contributed by atoms with van der Waals surface area (Å²) in [5, 5.41) is 5.09. The lowest BCUT2D eigenvalue weighted by atomic mass is 9.99. The lowest BCUT2D eigenvalue weighted by Gasteiger charge is -2.15. The molecule has 0 spiro atoms. The summed E-state index contributed by atoms with van der Waals surface area (Å²) in [5.74, 6) is 0. The minimum Gasteiger partial charge on any atom is -0.226 e. The lowest BCUT2D eigenvalue weighted by molar-refractivity contribution is 0.559. The first-order chi connectivity index (χ1) is 10.0. The van der Waals surface area contributed by atoms with Gasteiger partial charge in [-0.15, -0.1) is 0 Å². The summed E-state index contributed by atoms with van der Waals surface area (Å²) in [6.07, 6.45) is 2.33. The second-order valence-corrected chi connectivity index (χ2v) is 6.60. The highest BCUT2D eigenvalue weighted by atomic mass is 15.0. The summed E-state index contributed by atoms with van der Waals surface area (Å²) >= 11 is 0. The largest absolute Gasteiger partial charge is 0.226 e. The standard InChI is InChI=1S/C20H24N/c1-13-7-14(2)10-17(9-13)19-5-6-20(21-19)18-11-15(3)8-16(4)12-18/h7-12,19-20H,5-6H2,1-4H3. The van der Waals surface area contributed by atoms with Crippen molar-refractivity contribution in [2.45, 2.75) is 52.6 Å². The van der Waals surface area contributed by atoms with Crippen molar-refractivity contribution in [3.8, 4) is 0 Å². The predicted molar refractivity (Wildman–Crippen MR) is 88.7 cm³/mol. The first-order valence-electron chi connectivity index (χ1n) is 7.87. The van der Waals surface area contributed by atoms with Crippen LogP contribution in [0.4, 0.5) is 0 Å². The van der Waals surface area contributed by atoms with E-state index in [0.717, 1.165) is 0 Å². The molecule has 2 unspecified atom stereocenters. The van der Waals surface area contributed by atoms with Crippen LogP contribution in [-0.2, 0) is 0 Å². The Morgan fingerprint density at radius 1 is 0.619 bits per heavy atom. The molecule has 1 fully saturated rings. The molecule has 0 N–H and O–H groups in total. The molecule has 21 heavy (non-hydrogen) atoms. The predicted octanol–water partition coefficient (Wildman–Crippen LogP) is 5.10. The second kappa shape index (κ2) is 5.65. The average Bonchev–Trinajstić information content (AvgIpc) is 2.85. The minimum atomic E-state index is 0.370. The Morgan fingerprint density at radius 2 is 0.952 bits per heavy atom. The zero-order chi connectivity index (χ0) is 15.0. The summed E-state index contributed by atoms with van der Waals surface area (Å²) in [6.45, 7) is 8.69. The van der Waals surface area contributed by atoms with Crippen LogP contribution < -0.4 is 5.32 Å². The number of rotatable bonds is 2. The van der Waals surface area contributed by atoms with E-state index >= 15 is 0 Å². The highest BCUT2D eigenvalue weighted by Gasteiger charge is 2.28. The molecule has 0 saturated carbocycles. The molecule has 1 heteroatoms. The van der Waals surface area contributed by atoms with Crippen LogP contribution in [0.5, 0.6) is 0 Å². The molecular weight excluding hydrogens is 254 g/mol. The highest BCUT2D eigenvalue weighted by molar-refractivity contribution is 5.34. The van der Waals surface area contributed by atoms with Gasteiger partial charge >= 0.3 is 0 Å².